The highest BCUT2D eigenvalue weighted by atomic mass is 19.1. The van der Waals surface area contributed by atoms with E-state index in [4.69, 9.17) is 0 Å². The molecule has 0 fully saturated rings. The SMILES string of the molecule is CCN1CCCc2ccc(C(C)NC(=O)/C=C/c3cc(F)ccc3F)cc21. The molecule has 5 heteroatoms. The smallest absolute Gasteiger partial charge is 0.244 e. The molecule has 1 unspecified atom stereocenters. The number of carbonyl (C=O) groups is 1. The molecule has 3 nitrogen and oxygen atoms in total. The Morgan fingerprint density at radius 2 is 2.07 bits per heavy atom. The standard InChI is InChI=1S/C22H24F2N2O/c1-3-26-12-4-5-16-6-7-17(14-21(16)26)15(2)25-22(27)11-8-18-13-19(23)9-10-20(18)24/h6-11,13-15H,3-5,12H2,1-2H3,(H,25,27)/b11-8+. The van der Waals surface area contributed by atoms with Crippen LogP contribution < -0.4 is 10.2 Å². The second-order valence-corrected chi connectivity index (χ2v) is 6.80. The van der Waals surface area contributed by atoms with E-state index in [1.165, 1.54) is 23.4 Å². The summed E-state index contributed by atoms with van der Waals surface area (Å²) in [7, 11) is 0. The maximum Gasteiger partial charge on any atom is 0.244 e. The summed E-state index contributed by atoms with van der Waals surface area (Å²) in [5.41, 5.74) is 3.64. The van der Waals surface area contributed by atoms with Gasteiger partial charge in [-0.1, -0.05) is 12.1 Å². The molecule has 1 atom stereocenters. The maximum absolute atomic E-state index is 13.6. The summed E-state index contributed by atoms with van der Waals surface area (Å²) >= 11 is 0. The van der Waals surface area contributed by atoms with Crippen molar-refractivity contribution in [2.24, 2.45) is 0 Å². The number of benzene rings is 2. The van der Waals surface area contributed by atoms with Crippen LogP contribution in [0, 0.1) is 11.6 Å². The van der Waals surface area contributed by atoms with Crippen LogP contribution >= 0.6 is 0 Å². The molecule has 1 aliphatic heterocycles. The fraction of sp³-hybridized carbons (Fsp3) is 0.318. The first-order valence-corrected chi connectivity index (χ1v) is 9.29. The average molecular weight is 370 g/mol. The van der Waals surface area contributed by atoms with Crippen LogP contribution in [0.15, 0.2) is 42.5 Å². The Hall–Kier alpha value is -2.69. The Kier molecular flexibility index (Phi) is 5.89. The lowest BCUT2D eigenvalue weighted by atomic mass is 9.97. The van der Waals surface area contributed by atoms with E-state index in [1.807, 2.05) is 13.0 Å². The first-order valence-electron chi connectivity index (χ1n) is 9.29. The van der Waals surface area contributed by atoms with Gasteiger partial charge in [0.2, 0.25) is 5.91 Å². The Bertz CT molecular complexity index is 863. The van der Waals surface area contributed by atoms with E-state index in [2.05, 4.69) is 29.3 Å². The molecule has 1 amide bonds. The van der Waals surface area contributed by atoms with Crippen molar-refractivity contribution in [2.45, 2.75) is 32.7 Å². The van der Waals surface area contributed by atoms with Gasteiger partial charge in [-0.05, 0) is 68.2 Å². The van der Waals surface area contributed by atoms with Crippen molar-refractivity contribution in [2.75, 3.05) is 18.0 Å². The molecule has 0 aromatic heterocycles. The van der Waals surface area contributed by atoms with Gasteiger partial charge in [0.1, 0.15) is 11.6 Å². The molecule has 27 heavy (non-hydrogen) atoms. The Balaban J connectivity index is 1.70. The minimum absolute atomic E-state index is 0.0465. The van der Waals surface area contributed by atoms with Gasteiger partial charge in [-0.25, -0.2) is 8.78 Å². The zero-order valence-corrected chi connectivity index (χ0v) is 15.6. The number of hydrogen-bond acceptors (Lipinski definition) is 2. The fourth-order valence-corrected chi connectivity index (χ4v) is 3.42. The first-order chi connectivity index (χ1) is 13.0. The molecular formula is C22H24F2N2O. The highest BCUT2D eigenvalue weighted by Gasteiger charge is 2.17. The number of aryl methyl sites for hydroxylation is 1. The fourth-order valence-electron chi connectivity index (χ4n) is 3.42. The molecule has 2 aromatic rings. The van der Waals surface area contributed by atoms with Crippen LogP contribution in [0.2, 0.25) is 0 Å². The van der Waals surface area contributed by atoms with Gasteiger partial charge in [-0.2, -0.15) is 0 Å². The monoisotopic (exact) mass is 370 g/mol. The predicted molar refractivity (Wildman–Crippen MR) is 105 cm³/mol. The molecule has 0 saturated heterocycles. The van der Waals surface area contributed by atoms with Gasteiger partial charge in [0.15, 0.2) is 0 Å². The average Bonchev–Trinajstić information content (AvgIpc) is 2.67. The Morgan fingerprint density at radius 3 is 2.85 bits per heavy atom. The minimum Gasteiger partial charge on any atom is -0.372 e. The summed E-state index contributed by atoms with van der Waals surface area (Å²) in [6, 6.07) is 9.27. The molecule has 1 heterocycles. The zero-order chi connectivity index (χ0) is 19.4. The molecule has 1 aliphatic rings. The number of amides is 1. The van der Waals surface area contributed by atoms with Crippen molar-refractivity contribution in [1.29, 1.82) is 0 Å². The van der Waals surface area contributed by atoms with Gasteiger partial charge in [0, 0.05) is 30.4 Å². The molecule has 0 aliphatic carbocycles. The van der Waals surface area contributed by atoms with Gasteiger partial charge in [-0.15, -0.1) is 0 Å². The van der Waals surface area contributed by atoms with Crippen molar-refractivity contribution in [3.05, 3.63) is 70.8 Å². The molecule has 0 saturated carbocycles. The molecular weight excluding hydrogens is 346 g/mol. The third-order valence-corrected chi connectivity index (χ3v) is 4.94. The number of anilines is 1. The van der Waals surface area contributed by atoms with Gasteiger partial charge in [0.25, 0.3) is 0 Å². The van der Waals surface area contributed by atoms with E-state index in [0.717, 1.165) is 49.7 Å². The Labute approximate surface area is 158 Å². The molecule has 2 aromatic carbocycles. The van der Waals surface area contributed by atoms with Crippen molar-refractivity contribution in [1.82, 2.24) is 5.32 Å². The number of halogens is 2. The lowest BCUT2D eigenvalue weighted by Gasteiger charge is -2.31. The van der Waals surface area contributed by atoms with Crippen LogP contribution in [0.5, 0.6) is 0 Å². The third-order valence-electron chi connectivity index (χ3n) is 4.94. The number of nitrogens with one attached hydrogen (secondary N) is 1. The van der Waals surface area contributed by atoms with Gasteiger partial charge in [0.05, 0.1) is 6.04 Å². The second-order valence-electron chi connectivity index (χ2n) is 6.80. The van der Waals surface area contributed by atoms with Gasteiger partial charge >= 0.3 is 0 Å². The molecule has 0 radical (unpaired) electrons. The minimum atomic E-state index is -0.567. The van der Waals surface area contributed by atoms with Crippen molar-refractivity contribution in [3.63, 3.8) is 0 Å². The second kappa shape index (κ2) is 8.33. The van der Waals surface area contributed by atoms with E-state index >= 15 is 0 Å². The van der Waals surface area contributed by atoms with E-state index in [0.29, 0.717) is 0 Å². The lowest BCUT2D eigenvalue weighted by Crippen LogP contribution is -2.30. The van der Waals surface area contributed by atoms with Crippen LogP contribution in [0.3, 0.4) is 0 Å². The van der Waals surface area contributed by atoms with Crippen LogP contribution in [-0.2, 0) is 11.2 Å². The summed E-state index contributed by atoms with van der Waals surface area (Å²) in [5, 5.41) is 2.88. The van der Waals surface area contributed by atoms with E-state index < -0.39 is 11.6 Å². The van der Waals surface area contributed by atoms with E-state index in [-0.39, 0.29) is 17.5 Å². The largest absolute Gasteiger partial charge is 0.372 e. The predicted octanol–water partition coefficient (Wildman–Crippen LogP) is 4.63. The summed E-state index contributed by atoms with van der Waals surface area (Å²) < 4.78 is 26.8. The number of rotatable bonds is 5. The molecule has 1 N–H and O–H groups in total. The lowest BCUT2D eigenvalue weighted by molar-refractivity contribution is -0.117. The normalized spacial score (nSPS) is 14.9. The third kappa shape index (κ3) is 4.54. The number of hydrogen-bond donors (Lipinski definition) is 1. The molecule has 0 bridgehead atoms. The van der Waals surface area contributed by atoms with E-state index in [1.54, 1.807) is 0 Å². The summed E-state index contributed by atoms with van der Waals surface area (Å²) in [4.78, 5) is 14.5. The summed E-state index contributed by atoms with van der Waals surface area (Å²) in [6.07, 6.45) is 4.75. The first kappa shape index (κ1) is 19.1. The van der Waals surface area contributed by atoms with Crippen molar-refractivity contribution < 1.29 is 13.6 Å². The molecule has 0 spiro atoms. The summed E-state index contributed by atoms with van der Waals surface area (Å²) in [5.74, 6) is -1.46. The highest BCUT2D eigenvalue weighted by molar-refractivity contribution is 5.92. The quantitative estimate of drug-likeness (QED) is 0.779. The van der Waals surface area contributed by atoms with Crippen LogP contribution in [-0.4, -0.2) is 19.0 Å². The number of fused-ring (bicyclic) bond motifs is 1. The number of nitrogens with zero attached hydrogens (tertiary/aromatic N) is 1. The number of carbonyl (C=O) groups excluding carboxylic acids is 1. The van der Waals surface area contributed by atoms with Crippen LogP contribution in [0.4, 0.5) is 14.5 Å². The Morgan fingerprint density at radius 1 is 1.26 bits per heavy atom. The van der Waals surface area contributed by atoms with E-state index in [9.17, 15) is 13.6 Å². The zero-order valence-electron chi connectivity index (χ0n) is 15.6. The highest BCUT2D eigenvalue weighted by Crippen LogP contribution is 2.30. The van der Waals surface area contributed by atoms with Crippen LogP contribution in [0.25, 0.3) is 6.08 Å². The summed E-state index contributed by atoms with van der Waals surface area (Å²) in [6.45, 7) is 6.06. The topological polar surface area (TPSA) is 32.3 Å². The maximum atomic E-state index is 13.6. The van der Waals surface area contributed by atoms with Crippen molar-refractivity contribution >= 4 is 17.7 Å². The van der Waals surface area contributed by atoms with Gasteiger partial charge in [-0.3, -0.25) is 4.79 Å². The van der Waals surface area contributed by atoms with Crippen LogP contribution in [0.1, 0.15) is 43.0 Å². The molecule has 142 valence electrons. The van der Waals surface area contributed by atoms with Crippen molar-refractivity contribution in [3.8, 4) is 0 Å². The van der Waals surface area contributed by atoms with Gasteiger partial charge < -0.3 is 10.2 Å². The molecule has 3 rings (SSSR count).